The van der Waals surface area contributed by atoms with Gasteiger partial charge in [-0.05, 0) is 51.1 Å². The molecule has 1 fully saturated rings. The molecular weight excluding hydrogens is 508 g/mol. The van der Waals surface area contributed by atoms with Gasteiger partial charge in [-0.15, -0.1) is 0 Å². The van der Waals surface area contributed by atoms with Gasteiger partial charge in [0.2, 0.25) is 10.0 Å². The van der Waals surface area contributed by atoms with Gasteiger partial charge in [-0.3, -0.25) is 14.9 Å². The molecule has 1 aromatic carbocycles. The molecule has 2 atom stereocenters. The molecule has 0 bridgehead atoms. The number of benzene rings is 1. The quantitative estimate of drug-likeness (QED) is 0.436. The van der Waals surface area contributed by atoms with Crippen LogP contribution in [0.3, 0.4) is 0 Å². The van der Waals surface area contributed by atoms with Crippen molar-refractivity contribution in [2.75, 3.05) is 45.3 Å². The highest BCUT2D eigenvalue weighted by Gasteiger charge is 2.35. The van der Waals surface area contributed by atoms with Crippen molar-refractivity contribution in [3.05, 3.63) is 46.3 Å². The number of aliphatic hydroxyl groups excluding tert-OH is 1. The molecule has 3 heterocycles. The van der Waals surface area contributed by atoms with Crippen molar-refractivity contribution < 1.29 is 23.1 Å². The first-order valence-electron chi connectivity index (χ1n) is 13.0. The number of amides is 1. The van der Waals surface area contributed by atoms with Gasteiger partial charge in [-0.1, -0.05) is 13.3 Å². The number of carbonyl (C=O) groups excluding carboxylic acids is 1. The molecular formula is C26H36N6O5S. The lowest BCUT2D eigenvalue weighted by atomic mass is 10.00. The first-order valence-corrected chi connectivity index (χ1v) is 14.4. The zero-order chi connectivity index (χ0) is 27.6. The van der Waals surface area contributed by atoms with Gasteiger partial charge in [0.05, 0.1) is 30.1 Å². The first kappa shape index (κ1) is 27.9. The number of ether oxygens (including phenoxy) is 1. The van der Waals surface area contributed by atoms with Crippen LogP contribution in [0.25, 0.3) is 0 Å². The molecule has 0 spiro atoms. The van der Waals surface area contributed by atoms with Gasteiger partial charge in [0.25, 0.3) is 5.91 Å². The number of fused-ring (bicyclic) bond motifs is 1. The second-order valence-corrected chi connectivity index (χ2v) is 11.6. The molecule has 1 aromatic heterocycles. The highest BCUT2D eigenvalue weighted by Crippen LogP contribution is 2.36. The van der Waals surface area contributed by atoms with Crippen molar-refractivity contribution in [2.24, 2.45) is 0 Å². The molecule has 11 nitrogen and oxygen atoms in total. The Bertz CT molecular complexity index is 1340. The van der Waals surface area contributed by atoms with E-state index < -0.39 is 22.3 Å². The smallest absolute Gasteiger partial charge is 0.272 e. The molecule has 2 unspecified atom stereocenters. The minimum Gasteiger partial charge on any atom is -0.493 e. The van der Waals surface area contributed by atoms with Gasteiger partial charge in [0.1, 0.15) is 17.6 Å². The summed E-state index contributed by atoms with van der Waals surface area (Å²) in [6.45, 7) is 8.06. The zero-order valence-corrected chi connectivity index (χ0v) is 23.1. The number of carbonyl (C=O) groups is 1. The maximum Gasteiger partial charge on any atom is 0.272 e. The summed E-state index contributed by atoms with van der Waals surface area (Å²) in [7, 11) is -1.79. The van der Waals surface area contributed by atoms with Crippen molar-refractivity contribution in [3.8, 4) is 11.8 Å². The topological polar surface area (TPSA) is 140 Å². The predicted molar refractivity (Wildman–Crippen MR) is 142 cm³/mol. The number of aliphatic hydroxyl groups is 1. The summed E-state index contributed by atoms with van der Waals surface area (Å²) >= 11 is 0. The molecule has 1 saturated heterocycles. The third kappa shape index (κ3) is 5.11. The van der Waals surface area contributed by atoms with Gasteiger partial charge in [0.15, 0.2) is 0 Å². The normalized spacial score (nSPS) is 19.3. The maximum atomic E-state index is 13.5. The van der Waals surface area contributed by atoms with Crippen LogP contribution in [-0.2, 0) is 16.4 Å². The van der Waals surface area contributed by atoms with Crippen LogP contribution in [0.5, 0.6) is 5.75 Å². The van der Waals surface area contributed by atoms with E-state index in [4.69, 9.17) is 10.00 Å². The van der Waals surface area contributed by atoms with Crippen molar-refractivity contribution >= 4 is 15.9 Å². The molecule has 2 aliphatic heterocycles. The van der Waals surface area contributed by atoms with Crippen LogP contribution < -0.4 is 15.5 Å². The maximum absolute atomic E-state index is 13.5. The second-order valence-electron chi connectivity index (χ2n) is 9.67. The fourth-order valence-corrected chi connectivity index (χ4v) is 6.64. The average molecular weight is 545 g/mol. The van der Waals surface area contributed by atoms with Gasteiger partial charge in [0, 0.05) is 43.0 Å². The van der Waals surface area contributed by atoms with Crippen LogP contribution in [0.4, 0.5) is 0 Å². The van der Waals surface area contributed by atoms with E-state index >= 15 is 0 Å². The van der Waals surface area contributed by atoms with Crippen LogP contribution >= 0.6 is 0 Å². The van der Waals surface area contributed by atoms with E-state index in [0.717, 1.165) is 12.1 Å². The third-order valence-electron chi connectivity index (χ3n) is 7.11. The van der Waals surface area contributed by atoms with Crippen molar-refractivity contribution in [2.45, 2.75) is 57.2 Å². The summed E-state index contributed by atoms with van der Waals surface area (Å²) in [5, 5.41) is 22.8. The van der Waals surface area contributed by atoms with E-state index in [9.17, 15) is 18.3 Å². The lowest BCUT2D eigenvalue weighted by Gasteiger charge is -2.33. The molecule has 1 amide bonds. The summed E-state index contributed by atoms with van der Waals surface area (Å²) in [5.74, 6) is 0.0884. The number of rotatable bonds is 9. The van der Waals surface area contributed by atoms with E-state index in [1.807, 2.05) is 27.0 Å². The lowest BCUT2D eigenvalue weighted by molar-refractivity contribution is 0.0913. The first-order chi connectivity index (χ1) is 18.1. The van der Waals surface area contributed by atoms with Gasteiger partial charge in [-0.25, -0.2) is 8.42 Å². The second kappa shape index (κ2) is 11.3. The van der Waals surface area contributed by atoms with Crippen LogP contribution in [0.1, 0.15) is 71.8 Å². The minimum absolute atomic E-state index is 0.0905. The third-order valence-corrected chi connectivity index (χ3v) is 9.00. The van der Waals surface area contributed by atoms with E-state index in [1.54, 1.807) is 23.7 Å². The molecule has 38 heavy (non-hydrogen) atoms. The highest BCUT2D eigenvalue weighted by molar-refractivity contribution is 7.89. The largest absolute Gasteiger partial charge is 0.493 e. The summed E-state index contributed by atoms with van der Waals surface area (Å²) in [5.41, 5.74) is 6.06. The molecule has 2 aliphatic rings. The fourth-order valence-electron chi connectivity index (χ4n) is 5.18. The van der Waals surface area contributed by atoms with Crippen molar-refractivity contribution in [3.63, 3.8) is 0 Å². The minimum atomic E-state index is -3.75. The number of hydrogen-bond donors (Lipinski definition) is 3. The van der Waals surface area contributed by atoms with E-state index in [-0.39, 0.29) is 17.2 Å². The Hall–Kier alpha value is -3.11. The van der Waals surface area contributed by atoms with Gasteiger partial charge < -0.3 is 20.1 Å². The predicted octanol–water partition coefficient (Wildman–Crippen LogP) is 2.02. The van der Waals surface area contributed by atoms with E-state index in [1.165, 1.54) is 10.4 Å². The number of aromatic nitrogens is 1. The Morgan fingerprint density at radius 1 is 1.24 bits per heavy atom. The van der Waals surface area contributed by atoms with E-state index in [2.05, 4.69) is 15.6 Å². The zero-order valence-electron chi connectivity index (χ0n) is 22.3. The molecule has 4 rings (SSSR count). The number of piperazine rings is 1. The van der Waals surface area contributed by atoms with E-state index in [0.29, 0.717) is 67.3 Å². The average Bonchev–Trinajstić information content (AvgIpc) is 3.16. The number of hydrogen-bond acceptors (Lipinski definition) is 8. The lowest BCUT2D eigenvalue weighted by Crippen LogP contribution is -2.47. The summed E-state index contributed by atoms with van der Waals surface area (Å²) in [4.78, 5) is 15.6. The summed E-state index contributed by atoms with van der Waals surface area (Å²) < 4.78 is 36.0. The Kier molecular flexibility index (Phi) is 8.32. The number of nitriles is 1. The molecule has 206 valence electrons. The standard InChI is InChI=1S/C26H36N6O5S/c1-5-7-20-23(21(33)10-11-27)17(3)24-26(34)28-25(29-32(20)24)19-16-18(8-9-22(19)37-6-2)38(35,36)31-14-12-30(4)13-15-31/h8-9,16,21,25,29,33H,5-7,10,12-15H2,1-4H3,(H,28,34). The molecule has 3 N–H and O–H groups in total. The summed E-state index contributed by atoms with van der Waals surface area (Å²) in [6.07, 6.45) is -0.577. The SMILES string of the molecule is CCCc1c(C(O)CC#N)c(C)c2n1NC(c1cc(S(=O)(=O)N3CCN(C)CC3)ccc1OCC)NC2=O. The molecule has 2 aromatic rings. The van der Waals surface area contributed by atoms with Crippen molar-refractivity contribution in [1.29, 1.82) is 5.26 Å². The van der Waals surface area contributed by atoms with Crippen molar-refractivity contribution in [1.82, 2.24) is 19.2 Å². The Morgan fingerprint density at radius 2 is 1.95 bits per heavy atom. The molecule has 0 aliphatic carbocycles. The Morgan fingerprint density at radius 3 is 2.58 bits per heavy atom. The monoisotopic (exact) mass is 544 g/mol. The fraction of sp³-hybridized carbons (Fsp3) is 0.538. The van der Waals surface area contributed by atoms with Crippen LogP contribution in [0.2, 0.25) is 0 Å². The van der Waals surface area contributed by atoms with Crippen LogP contribution in [-0.4, -0.2) is 73.1 Å². The molecule has 0 saturated carbocycles. The number of nitrogens with one attached hydrogen (secondary N) is 2. The van der Waals surface area contributed by atoms with Crippen LogP contribution in [0, 0.1) is 18.3 Å². The number of nitrogens with zero attached hydrogens (tertiary/aromatic N) is 4. The molecule has 12 heteroatoms. The highest BCUT2D eigenvalue weighted by atomic mass is 32.2. The molecule has 0 radical (unpaired) electrons. The Balaban J connectivity index is 1.77. The van der Waals surface area contributed by atoms with Gasteiger partial charge in [-0.2, -0.15) is 9.57 Å². The summed E-state index contributed by atoms with van der Waals surface area (Å²) in [6, 6.07) is 6.72. The number of sulfonamides is 1. The number of likely N-dealkylation sites (N-methyl/N-ethyl adjacent to an activating group) is 1. The Labute approximate surface area is 224 Å². The van der Waals surface area contributed by atoms with Gasteiger partial charge >= 0.3 is 0 Å². The van der Waals surface area contributed by atoms with Crippen LogP contribution in [0.15, 0.2) is 23.1 Å².